The Morgan fingerprint density at radius 1 is 1.11 bits per heavy atom. The zero-order chi connectivity index (χ0) is 14.3. The molecular formula is C13H12Br2N2O2. The Bertz CT molecular complexity index is 548. The molecule has 1 unspecified atom stereocenters. The number of carbonyl (C=O) groups excluding carboxylic acids is 1. The predicted octanol–water partition coefficient (Wildman–Crippen LogP) is 3.55. The van der Waals surface area contributed by atoms with Crippen molar-refractivity contribution in [2.45, 2.75) is 13.0 Å². The van der Waals surface area contributed by atoms with E-state index in [0.29, 0.717) is 22.3 Å². The van der Waals surface area contributed by atoms with E-state index < -0.39 is 6.10 Å². The van der Waals surface area contributed by atoms with E-state index in [1.54, 1.807) is 31.2 Å². The van der Waals surface area contributed by atoms with Gasteiger partial charge < -0.3 is 5.11 Å². The average Bonchev–Trinajstić information content (AvgIpc) is 2.39. The number of aldehydes is 1. The molecule has 0 saturated carbocycles. The molecule has 19 heavy (non-hydrogen) atoms. The van der Waals surface area contributed by atoms with E-state index in [0.717, 1.165) is 4.60 Å². The van der Waals surface area contributed by atoms with Gasteiger partial charge in [-0.05, 0) is 63.0 Å². The zero-order valence-electron chi connectivity index (χ0n) is 10.1. The number of nitrogens with zero attached hydrogens (tertiary/aromatic N) is 2. The SMILES string of the molecule is CC(O)c1cccc(Br)n1.O=Cc1cccc(Br)n1. The number of pyridine rings is 2. The van der Waals surface area contributed by atoms with Crippen LogP contribution in [0.4, 0.5) is 0 Å². The van der Waals surface area contributed by atoms with E-state index in [4.69, 9.17) is 5.11 Å². The summed E-state index contributed by atoms with van der Waals surface area (Å²) in [5.74, 6) is 0. The Morgan fingerprint density at radius 3 is 2.05 bits per heavy atom. The van der Waals surface area contributed by atoms with Gasteiger partial charge in [-0.25, -0.2) is 9.97 Å². The largest absolute Gasteiger partial charge is 0.387 e. The van der Waals surface area contributed by atoms with Gasteiger partial charge >= 0.3 is 0 Å². The molecule has 0 aliphatic rings. The normalized spacial score (nSPS) is 11.2. The summed E-state index contributed by atoms with van der Waals surface area (Å²) in [5.41, 5.74) is 1.14. The molecule has 100 valence electrons. The van der Waals surface area contributed by atoms with Gasteiger partial charge in [0.25, 0.3) is 0 Å². The Balaban J connectivity index is 0.000000191. The van der Waals surface area contributed by atoms with Crippen molar-refractivity contribution < 1.29 is 9.90 Å². The van der Waals surface area contributed by atoms with E-state index in [-0.39, 0.29) is 0 Å². The summed E-state index contributed by atoms with van der Waals surface area (Å²) in [6, 6.07) is 10.6. The molecule has 0 saturated heterocycles. The van der Waals surface area contributed by atoms with Gasteiger partial charge in [0.05, 0.1) is 11.8 Å². The molecule has 0 bridgehead atoms. The van der Waals surface area contributed by atoms with Crippen LogP contribution in [-0.4, -0.2) is 21.4 Å². The van der Waals surface area contributed by atoms with Crippen LogP contribution < -0.4 is 0 Å². The quantitative estimate of drug-likeness (QED) is 0.632. The molecule has 2 heterocycles. The fourth-order valence-corrected chi connectivity index (χ4v) is 1.86. The first-order chi connectivity index (χ1) is 9.02. The van der Waals surface area contributed by atoms with E-state index in [2.05, 4.69) is 41.8 Å². The van der Waals surface area contributed by atoms with Gasteiger partial charge in [0.1, 0.15) is 14.9 Å². The van der Waals surface area contributed by atoms with Gasteiger partial charge in [-0.2, -0.15) is 0 Å². The second kappa shape index (κ2) is 8.14. The third kappa shape index (κ3) is 6.04. The van der Waals surface area contributed by atoms with Crippen molar-refractivity contribution in [1.82, 2.24) is 9.97 Å². The van der Waals surface area contributed by atoms with Crippen LogP contribution in [0.5, 0.6) is 0 Å². The Labute approximate surface area is 128 Å². The number of carbonyl (C=O) groups is 1. The van der Waals surface area contributed by atoms with Crippen molar-refractivity contribution in [2.75, 3.05) is 0 Å². The highest BCUT2D eigenvalue weighted by atomic mass is 79.9. The van der Waals surface area contributed by atoms with Crippen LogP contribution >= 0.6 is 31.9 Å². The van der Waals surface area contributed by atoms with E-state index in [1.807, 2.05) is 12.1 Å². The number of halogens is 2. The molecule has 1 N–H and O–H groups in total. The van der Waals surface area contributed by atoms with Crippen LogP contribution in [0.15, 0.2) is 45.6 Å². The Morgan fingerprint density at radius 2 is 1.68 bits per heavy atom. The van der Waals surface area contributed by atoms with E-state index >= 15 is 0 Å². The van der Waals surface area contributed by atoms with Crippen LogP contribution in [-0.2, 0) is 0 Å². The minimum Gasteiger partial charge on any atom is -0.387 e. The zero-order valence-corrected chi connectivity index (χ0v) is 13.3. The topological polar surface area (TPSA) is 63.1 Å². The number of hydrogen-bond acceptors (Lipinski definition) is 4. The minimum atomic E-state index is -0.488. The van der Waals surface area contributed by atoms with Gasteiger partial charge in [0, 0.05) is 0 Å². The standard InChI is InChI=1S/C7H8BrNO.C6H4BrNO/c1-5(10)6-3-2-4-7(8)9-6;7-6-3-1-2-5(4-9)8-6/h2-5,10H,1H3;1-4H. The summed E-state index contributed by atoms with van der Waals surface area (Å²) in [5, 5.41) is 9.06. The molecule has 4 nitrogen and oxygen atoms in total. The highest BCUT2D eigenvalue weighted by molar-refractivity contribution is 9.10. The smallest absolute Gasteiger partial charge is 0.168 e. The first-order valence-corrected chi connectivity index (χ1v) is 7.00. The molecule has 0 aliphatic carbocycles. The maximum Gasteiger partial charge on any atom is 0.168 e. The first-order valence-electron chi connectivity index (χ1n) is 5.41. The summed E-state index contributed by atoms with van der Waals surface area (Å²) in [6.45, 7) is 1.69. The molecule has 6 heteroatoms. The van der Waals surface area contributed by atoms with Crippen molar-refractivity contribution in [2.24, 2.45) is 0 Å². The fourth-order valence-electron chi connectivity index (χ4n) is 1.15. The van der Waals surface area contributed by atoms with E-state index in [9.17, 15) is 4.79 Å². The van der Waals surface area contributed by atoms with Gasteiger partial charge in [0.15, 0.2) is 6.29 Å². The maximum atomic E-state index is 10.1. The fraction of sp³-hybridized carbons (Fsp3) is 0.154. The number of aliphatic hydroxyl groups is 1. The number of aromatic nitrogens is 2. The second-order valence-corrected chi connectivity index (χ2v) is 5.19. The van der Waals surface area contributed by atoms with Gasteiger partial charge in [0.2, 0.25) is 0 Å². The maximum absolute atomic E-state index is 10.1. The Kier molecular flexibility index (Phi) is 6.83. The summed E-state index contributed by atoms with van der Waals surface area (Å²) < 4.78 is 1.44. The van der Waals surface area contributed by atoms with Crippen LogP contribution in [0.2, 0.25) is 0 Å². The van der Waals surface area contributed by atoms with Gasteiger partial charge in [-0.1, -0.05) is 12.1 Å². The highest BCUT2D eigenvalue weighted by Crippen LogP contribution is 2.12. The van der Waals surface area contributed by atoms with Gasteiger partial charge in [-0.15, -0.1) is 0 Å². The molecule has 2 aromatic rings. The van der Waals surface area contributed by atoms with Crippen LogP contribution in [0.1, 0.15) is 29.2 Å². The van der Waals surface area contributed by atoms with Crippen molar-refractivity contribution in [3.8, 4) is 0 Å². The molecule has 0 aliphatic heterocycles. The number of rotatable bonds is 2. The lowest BCUT2D eigenvalue weighted by Gasteiger charge is -2.01. The van der Waals surface area contributed by atoms with Crippen molar-refractivity contribution in [3.05, 3.63) is 57.0 Å². The summed E-state index contributed by atoms with van der Waals surface area (Å²) in [7, 11) is 0. The molecule has 2 aromatic heterocycles. The summed E-state index contributed by atoms with van der Waals surface area (Å²) in [6.07, 6.45) is 0.225. The van der Waals surface area contributed by atoms with E-state index in [1.165, 1.54) is 0 Å². The second-order valence-electron chi connectivity index (χ2n) is 3.56. The lowest BCUT2D eigenvalue weighted by atomic mass is 10.2. The predicted molar refractivity (Wildman–Crippen MR) is 79.9 cm³/mol. The molecule has 0 aromatic carbocycles. The monoisotopic (exact) mass is 386 g/mol. The molecule has 2 rings (SSSR count). The summed E-state index contributed by atoms with van der Waals surface area (Å²) in [4.78, 5) is 18.0. The highest BCUT2D eigenvalue weighted by Gasteiger charge is 2.00. The summed E-state index contributed by atoms with van der Waals surface area (Å²) >= 11 is 6.34. The van der Waals surface area contributed by atoms with Crippen LogP contribution in [0, 0.1) is 0 Å². The van der Waals surface area contributed by atoms with Crippen molar-refractivity contribution in [3.63, 3.8) is 0 Å². The number of hydrogen-bond donors (Lipinski definition) is 1. The van der Waals surface area contributed by atoms with Crippen molar-refractivity contribution in [1.29, 1.82) is 0 Å². The molecule has 0 fully saturated rings. The molecule has 1 atom stereocenters. The first kappa shape index (κ1) is 15.9. The average molecular weight is 388 g/mol. The lowest BCUT2D eigenvalue weighted by Crippen LogP contribution is -1.94. The molecule has 0 radical (unpaired) electrons. The van der Waals surface area contributed by atoms with Crippen LogP contribution in [0.3, 0.4) is 0 Å². The molecular weight excluding hydrogens is 376 g/mol. The lowest BCUT2D eigenvalue weighted by molar-refractivity contribution is 0.111. The minimum absolute atomic E-state index is 0.448. The van der Waals surface area contributed by atoms with Crippen LogP contribution in [0.25, 0.3) is 0 Å². The molecule has 0 spiro atoms. The van der Waals surface area contributed by atoms with Crippen molar-refractivity contribution >= 4 is 38.1 Å². The van der Waals surface area contributed by atoms with Gasteiger partial charge in [-0.3, -0.25) is 4.79 Å². The number of aliphatic hydroxyl groups excluding tert-OH is 1. The third-order valence-corrected chi connectivity index (χ3v) is 2.91. The Hall–Kier alpha value is -1.11. The third-order valence-electron chi connectivity index (χ3n) is 2.02. The molecule has 0 amide bonds.